The van der Waals surface area contributed by atoms with Crippen molar-refractivity contribution in [2.24, 2.45) is 0 Å². The summed E-state index contributed by atoms with van der Waals surface area (Å²) in [6.45, 7) is 1.92. The van der Waals surface area contributed by atoms with Crippen LogP contribution in [-0.4, -0.2) is 40.6 Å². The number of amides is 1. The first kappa shape index (κ1) is 26.2. The van der Waals surface area contributed by atoms with Crippen molar-refractivity contribution < 1.29 is 22.7 Å². The number of carbonyl (C=O) groups excluding carboxylic acids is 1. The SMILES string of the molecule is COc1ccc(S(=O)(=O)N[C@@H](Cc2ccccc2)C(=O)N[C@@H](C)CCc2ccccc2)cc1OC. The smallest absolute Gasteiger partial charge is 0.241 e. The molecule has 35 heavy (non-hydrogen) atoms. The van der Waals surface area contributed by atoms with Gasteiger partial charge < -0.3 is 14.8 Å². The summed E-state index contributed by atoms with van der Waals surface area (Å²) >= 11 is 0. The summed E-state index contributed by atoms with van der Waals surface area (Å²) in [7, 11) is -1.11. The van der Waals surface area contributed by atoms with Crippen molar-refractivity contribution in [3.05, 3.63) is 90.0 Å². The third kappa shape index (κ3) is 7.56. The van der Waals surface area contributed by atoms with Crippen LogP contribution >= 0.6 is 0 Å². The average molecular weight is 497 g/mol. The summed E-state index contributed by atoms with van der Waals surface area (Å²) < 4.78 is 39.5. The summed E-state index contributed by atoms with van der Waals surface area (Å²) in [5.74, 6) is 0.324. The predicted octanol–water partition coefficient (Wildman–Crippen LogP) is 3.73. The molecule has 0 spiro atoms. The second kappa shape index (κ2) is 12.4. The number of rotatable bonds is 12. The lowest BCUT2D eigenvalue weighted by atomic mass is 10.0. The van der Waals surface area contributed by atoms with Gasteiger partial charge in [0, 0.05) is 12.1 Å². The summed E-state index contributed by atoms with van der Waals surface area (Å²) in [5.41, 5.74) is 2.03. The quantitative estimate of drug-likeness (QED) is 0.399. The molecule has 0 aliphatic heterocycles. The van der Waals surface area contributed by atoms with Gasteiger partial charge >= 0.3 is 0 Å². The Morgan fingerprint density at radius 3 is 2.06 bits per heavy atom. The van der Waals surface area contributed by atoms with Crippen molar-refractivity contribution in [2.75, 3.05) is 14.2 Å². The normalized spacial score (nSPS) is 13.0. The highest BCUT2D eigenvalue weighted by atomic mass is 32.2. The van der Waals surface area contributed by atoms with Crippen LogP contribution in [-0.2, 0) is 27.7 Å². The molecule has 0 radical (unpaired) electrons. The highest BCUT2D eigenvalue weighted by molar-refractivity contribution is 7.89. The minimum Gasteiger partial charge on any atom is -0.493 e. The molecule has 0 aliphatic rings. The zero-order valence-corrected chi connectivity index (χ0v) is 21.0. The fraction of sp³-hybridized carbons (Fsp3) is 0.296. The molecule has 3 rings (SSSR count). The fourth-order valence-electron chi connectivity index (χ4n) is 3.72. The number of carbonyl (C=O) groups is 1. The van der Waals surface area contributed by atoms with Crippen LogP contribution in [0.15, 0.2) is 83.8 Å². The zero-order valence-electron chi connectivity index (χ0n) is 20.2. The highest BCUT2D eigenvalue weighted by Crippen LogP contribution is 2.29. The third-order valence-electron chi connectivity index (χ3n) is 5.66. The Morgan fingerprint density at radius 1 is 0.857 bits per heavy atom. The minimum absolute atomic E-state index is 0.0156. The molecule has 0 unspecified atom stereocenters. The Bertz CT molecular complexity index is 1200. The highest BCUT2D eigenvalue weighted by Gasteiger charge is 2.27. The van der Waals surface area contributed by atoms with E-state index in [1.54, 1.807) is 0 Å². The van der Waals surface area contributed by atoms with E-state index in [2.05, 4.69) is 10.0 Å². The van der Waals surface area contributed by atoms with Crippen molar-refractivity contribution in [3.8, 4) is 11.5 Å². The van der Waals surface area contributed by atoms with E-state index < -0.39 is 16.1 Å². The van der Waals surface area contributed by atoms with Crippen molar-refractivity contribution in [3.63, 3.8) is 0 Å². The molecule has 3 aromatic carbocycles. The van der Waals surface area contributed by atoms with E-state index in [0.717, 1.165) is 18.4 Å². The fourth-order valence-corrected chi connectivity index (χ4v) is 4.93. The molecule has 0 aliphatic carbocycles. The van der Waals surface area contributed by atoms with Crippen molar-refractivity contribution in [1.82, 2.24) is 10.0 Å². The van der Waals surface area contributed by atoms with Crippen molar-refractivity contribution in [1.29, 1.82) is 0 Å². The number of nitrogens with one attached hydrogen (secondary N) is 2. The Hall–Kier alpha value is -3.36. The Balaban J connectivity index is 1.76. The van der Waals surface area contributed by atoms with E-state index in [9.17, 15) is 13.2 Å². The van der Waals surface area contributed by atoms with Crippen LogP contribution in [0.1, 0.15) is 24.5 Å². The second-order valence-electron chi connectivity index (χ2n) is 8.31. The van der Waals surface area contributed by atoms with E-state index >= 15 is 0 Å². The van der Waals surface area contributed by atoms with Crippen LogP contribution in [0, 0.1) is 0 Å². The Kier molecular flexibility index (Phi) is 9.28. The van der Waals surface area contributed by atoms with Gasteiger partial charge in [0.15, 0.2) is 11.5 Å². The van der Waals surface area contributed by atoms with E-state index in [1.165, 1.54) is 38.0 Å². The van der Waals surface area contributed by atoms with Gasteiger partial charge in [-0.1, -0.05) is 60.7 Å². The van der Waals surface area contributed by atoms with Crippen molar-refractivity contribution in [2.45, 2.75) is 43.2 Å². The number of aryl methyl sites for hydroxylation is 1. The molecule has 0 bridgehead atoms. The third-order valence-corrected chi connectivity index (χ3v) is 7.13. The monoisotopic (exact) mass is 496 g/mol. The molecule has 186 valence electrons. The molecule has 7 nitrogen and oxygen atoms in total. The van der Waals surface area contributed by atoms with Gasteiger partial charge in [-0.15, -0.1) is 0 Å². The number of hydrogen-bond acceptors (Lipinski definition) is 5. The maximum Gasteiger partial charge on any atom is 0.241 e. The second-order valence-corrected chi connectivity index (χ2v) is 10.0. The summed E-state index contributed by atoms with van der Waals surface area (Å²) in [6, 6.07) is 22.5. The van der Waals surface area contributed by atoms with E-state index in [0.29, 0.717) is 5.75 Å². The number of methoxy groups -OCH3 is 2. The molecular formula is C27H32N2O5S. The minimum atomic E-state index is -4.02. The summed E-state index contributed by atoms with van der Waals surface area (Å²) in [6.07, 6.45) is 1.75. The molecule has 8 heteroatoms. The van der Waals surface area contributed by atoms with Gasteiger partial charge in [-0.05, 0) is 49.4 Å². The first-order valence-corrected chi connectivity index (χ1v) is 12.9. The molecule has 0 saturated heterocycles. The van der Waals surface area contributed by atoms with Gasteiger partial charge in [-0.3, -0.25) is 4.79 Å². The number of benzene rings is 3. The summed E-state index contributed by atoms with van der Waals surface area (Å²) in [5, 5.41) is 2.97. The molecule has 0 saturated carbocycles. The zero-order chi connectivity index (χ0) is 25.3. The molecule has 1 amide bonds. The topological polar surface area (TPSA) is 93.7 Å². The molecule has 0 aromatic heterocycles. The summed E-state index contributed by atoms with van der Waals surface area (Å²) in [4.78, 5) is 13.2. The van der Waals surface area contributed by atoms with E-state index in [1.807, 2.05) is 67.6 Å². The van der Waals surface area contributed by atoms with Crippen LogP contribution in [0.25, 0.3) is 0 Å². The molecule has 2 atom stereocenters. The van der Waals surface area contributed by atoms with E-state index in [-0.39, 0.29) is 29.0 Å². The molecule has 3 aromatic rings. The maximum atomic E-state index is 13.2. The van der Waals surface area contributed by atoms with E-state index in [4.69, 9.17) is 9.47 Å². The number of ether oxygens (including phenoxy) is 2. The predicted molar refractivity (Wildman–Crippen MR) is 136 cm³/mol. The van der Waals surface area contributed by atoms with Crippen LogP contribution in [0.3, 0.4) is 0 Å². The molecule has 0 fully saturated rings. The Labute approximate surface area is 207 Å². The molecule has 2 N–H and O–H groups in total. The standard InChI is InChI=1S/C27H32N2O5S/c1-20(14-15-21-10-6-4-7-11-21)28-27(30)24(18-22-12-8-5-9-13-22)29-35(31,32)23-16-17-25(33-2)26(19-23)34-3/h4-13,16-17,19-20,24,29H,14-15,18H2,1-3H3,(H,28,30)/t20-,24-/m0/s1. The largest absolute Gasteiger partial charge is 0.493 e. The first-order chi connectivity index (χ1) is 16.8. The van der Waals surface area contributed by atoms with Crippen LogP contribution < -0.4 is 19.5 Å². The van der Waals surface area contributed by atoms with Gasteiger partial charge in [0.1, 0.15) is 6.04 Å². The van der Waals surface area contributed by atoms with Gasteiger partial charge in [0.2, 0.25) is 15.9 Å². The lowest BCUT2D eigenvalue weighted by Gasteiger charge is -2.22. The van der Waals surface area contributed by atoms with Crippen LogP contribution in [0.4, 0.5) is 0 Å². The molecule has 0 heterocycles. The lowest BCUT2D eigenvalue weighted by molar-refractivity contribution is -0.123. The maximum absolute atomic E-state index is 13.2. The van der Waals surface area contributed by atoms with Crippen molar-refractivity contribution >= 4 is 15.9 Å². The van der Waals surface area contributed by atoms with Crippen LogP contribution in [0.5, 0.6) is 11.5 Å². The number of hydrogen-bond donors (Lipinski definition) is 2. The van der Waals surface area contributed by atoms with Gasteiger partial charge in [0.25, 0.3) is 0 Å². The van der Waals surface area contributed by atoms with Gasteiger partial charge in [0.05, 0.1) is 19.1 Å². The van der Waals surface area contributed by atoms with Gasteiger partial charge in [-0.2, -0.15) is 4.72 Å². The number of sulfonamides is 1. The van der Waals surface area contributed by atoms with Gasteiger partial charge in [-0.25, -0.2) is 8.42 Å². The first-order valence-electron chi connectivity index (χ1n) is 11.4. The molecular weight excluding hydrogens is 464 g/mol. The lowest BCUT2D eigenvalue weighted by Crippen LogP contribution is -2.50. The van der Waals surface area contributed by atoms with Crippen LogP contribution in [0.2, 0.25) is 0 Å². The Morgan fingerprint density at radius 2 is 1.46 bits per heavy atom. The average Bonchev–Trinajstić information content (AvgIpc) is 2.87.